The highest BCUT2D eigenvalue weighted by Gasteiger charge is 2.33. The number of H-pyrrole nitrogens is 1. The van der Waals surface area contributed by atoms with Crippen LogP contribution >= 0.6 is 12.2 Å². The Morgan fingerprint density at radius 1 is 1.08 bits per heavy atom. The van der Waals surface area contributed by atoms with Crippen molar-refractivity contribution < 1.29 is 17.6 Å². The summed E-state index contributed by atoms with van der Waals surface area (Å²) >= 11 is 5.31. The molecule has 3 heterocycles. The Labute approximate surface area is 147 Å². The molecule has 1 aromatic heterocycles. The Bertz CT molecular complexity index is 857. The fourth-order valence-electron chi connectivity index (χ4n) is 3.94. The Balaban J connectivity index is 1.67. The number of rotatable bonds is 3. The average molecular weight is 371 g/mol. The van der Waals surface area contributed by atoms with Crippen LogP contribution < -0.4 is 0 Å². The van der Waals surface area contributed by atoms with E-state index in [4.69, 9.17) is 12.2 Å². The highest BCUT2D eigenvalue weighted by atomic mass is 32.1. The van der Waals surface area contributed by atoms with E-state index in [1.54, 1.807) is 4.57 Å². The molecule has 0 saturated carbocycles. The molecule has 4 rings (SSSR count). The predicted octanol–water partition coefficient (Wildman–Crippen LogP) is 4.04. The van der Waals surface area contributed by atoms with Gasteiger partial charge in [0.1, 0.15) is 0 Å². The number of benzene rings is 1. The lowest BCUT2D eigenvalue weighted by Crippen LogP contribution is -2.19. The Morgan fingerprint density at radius 3 is 2.36 bits per heavy atom. The summed E-state index contributed by atoms with van der Waals surface area (Å²) in [4.78, 5) is 5.46. The summed E-state index contributed by atoms with van der Waals surface area (Å²) in [6.07, 6.45) is 2.60. The predicted molar refractivity (Wildman–Crippen MR) is 86.8 cm³/mol. The zero-order valence-corrected chi connectivity index (χ0v) is 14.2. The van der Waals surface area contributed by atoms with Gasteiger partial charge < -0.3 is 9.55 Å². The third-order valence-electron chi connectivity index (χ3n) is 5.15. The number of imidazole rings is 1. The van der Waals surface area contributed by atoms with Gasteiger partial charge in [0.05, 0.1) is 5.69 Å². The minimum atomic E-state index is -1.37. The molecule has 1 atom stereocenters. The van der Waals surface area contributed by atoms with E-state index in [0.29, 0.717) is 17.7 Å². The van der Waals surface area contributed by atoms with Gasteiger partial charge in [0.25, 0.3) is 0 Å². The lowest BCUT2D eigenvalue weighted by molar-refractivity contribution is 0.326. The zero-order valence-electron chi connectivity index (χ0n) is 13.4. The number of likely N-dealkylation sites (tertiary alicyclic amines) is 1. The molecular weight excluding hydrogens is 354 g/mol. The van der Waals surface area contributed by atoms with Crippen molar-refractivity contribution in [2.45, 2.75) is 38.3 Å². The molecule has 2 aliphatic heterocycles. The van der Waals surface area contributed by atoms with E-state index in [9.17, 15) is 17.6 Å². The molecule has 134 valence electrons. The molecule has 2 aromatic rings. The topological polar surface area (TPSA) is 24.0 Å². The SMILES string of the molecule is Fc1cc(F)c(F)c(C2Cc3c(CN4CCCC4)[nH]c(=S)n3C2)c1F. The molecule has 25 heavy (non-hydrogen) atoms. The average Bonchev–Trinajstić information content (AvgIpc) is 3.27. The van der Waals surface area contributed by atoms with Crippen LogP contribution in [0.2, 0.25) is 0 Å². The molecule has 1 fully saturated rings. The van der Waals surface area contributed by atoms with Crippen LogP contribution in [0.3, 0.4) is 0 Å². The van der Waals surface area contributed by atoms with Crippen molar-refractivity contribution in [1.29, 1.82) is 0 Å². The molecule has 8 heteroatoms. The van der Waals surface area contributed by atoms with Crippen molar-refractivity contribution in [2.24, 2.45) is 0 Å². The first-order valence-electron chi connectivity index (χ1n) is 8.31. The second-order valence-electron chi connectivity index (χ2n) is 6.73. The number of aromatic nitrogens is 2. The quantitative estimate of drug-likeness (QED) is 0.500. The van der Waals surface area contributed by atoms with Crippen molar-refractivity contribution in [3.05, 3.63) is 51.1 Å². The van der Waals surface area contributed by atoms with Gasteiger partial charge in [-0.25, -0.2) is 17.6 Å². The number of nitrogens with one attached hydrogen (secondary N) is 1. The van der Waals surface area contributed by atoms with Gasteiger partial charge in [-0.15, -0.1) is 0 Å². The number of nitrogens with zero attached hydrogens (tertiary/aromatic N) is 2. The number of aromatic amines is 1. The molecule has 0 aliphatic carbocycles. The largest absolute Gasteiger partial charge is 0.333 e. The third-order valence-corrected chi connectivity index (χ3v) is 5.48. The van der Waals surface area contributed by atoms with Crippen LogP contribution in [-0.2, 0) is 19.5 Å². The van der Waals surface area contributed by atoms with Crippen molar-refractivity contribution in [1.82, 2.24) is 14.5 Å². The van der Waals surface area contributed by atoms with Gasteiger partial charge in [0, 0.05) is 36.3 Å². The monoisotopic (exact) mass is 371 g/mol. The number of fused-ring (bicyclic) bond motifs is 1. The molecule has 1 saturated heterocycles. The van der Waals surface area contributed by atoms with E-state index in [2.05, 4.69) is 9.88 Å². The number of halogens is 4. The molecule has 1 aromatic carbocycles. The van der Waals surface area contributed by atoms with Gasteiger partial charge in [-0.05, 0) is 44.6 Å². The van der Waals surface area contributed by atoms with Crippen LogP contribution in [-0.4, -0.2) is 27.5 Å². The summed E-state index contributed by atoms with van der Waals surface area (Å²) in [6.45, 7) is 2.92. The summed E-state index contributed by atoms with van der Waals surface area (Å²) in [7, 11) is 0. The molecular formula is C17H17F4N3S. The first-order valence-corrected chi connectivity index (χ1v) is 8.72. The highest BCUT2D eigenvalue weighted by Crippen LogP contribution is 2.36. The van der Waals surface area contributed by atoms with E-state index in [1.165, 1.54) is 0 Å². The summed E-state index contributed by atoms with van der Waals surface area (Å²) in [5.41, 5.74) is 1.26. The van der Waals surface area contributed by atoms with Crippen LogP contribution in [0.15, 0.2) is 6.07 Å². The van der Waals surface area contributed by atoms with E-state index in [-0.39, 0.29) is 12.6 Å². The smallest absolute Gasteiger partial charge is 0.177 e. The second-order valence-corrected chi connectivity index (χ2v) is 7.12. The van der Waals surface area contributed by atoms with Gasteiger partial charge in [0.2, 0.25) is 0 Å². The van der Waals surface area contributed by atoms with Gasteiger partial charge in [-0.2, -0.15) is 0 Å². The maximum Gasteiger partial charge on any atom is 0.177 e. The van der Waals surface area contributed by atoms with Crippen LogP contribution in [0.4, 0.5) is 17.6 Å². The fraction of sp³-hybridized carbons (Fsp3) is 0.471. The van der Waals surface area contributed by atoms with E-state index < -0.39 is 34.8 Å². The molecule has 0 amide bonds. The van der Waals surface area contributed by atoms with Gasteiger partial charge >= 0.3 is 0 Å². The summed E-state index contributed by atoms with van der Waals surface area (Å²) in [5, 5.41) is 0. The zero-order chi connectivity index (χ0) is 17.7. The minimum Gasteiger partial charge on any atom is -0.333 e. The summed E-state index contributed by atoms with van der Waals surface area (Å²) < 4.78 is 57.6. The summed E-state index contributed by atoms with van der Waals surface area (Å²) in [6, 6.07) is 0.245. The third kappa shape index (κ3) is 2.81. The maximum absolute atomic E-state index is 14.1. The van der Waals surface area contributed by atoms with Gasteiger partial charge in [-0.3, -0.25) is 4.90 Å². The fourth-order valence-corrected chi connectivity index (χ4v) is 4.25. The van der Waals surface area contributed by atoms with Crippen molar-refractivity contribution in [3.63, 3.8) is 0 Å². The van der Waals surface area contributed by atoms with Crippen molar-refractivity contribution >= 4 is 12.2 Å². The Kier molecular flexibility index (Phi) is 4.19. The highest BCUT2D eigenvalue weighted by molar-refractivity contribution is 7.71. The molecule has 2 aliphatic rings. The van der Waals surface area contributed by atoms with Crippen LogP contribution in [0.1, 0.15) is 35.7 Å². The number of hydrogen-bond donors (Lipinski definition) is 1. The second kappa shape index (κ2) is 6.25. The van der Waals surface area contributed by atoms with Gasteiger partial charge in [0.15, 0.2) is 28.0 Å². The maximum atomic E-state index is 14.1. The summed E-state index contributed by atoms with van der Waals surface area (Å²) in [5.74, 6) is -6.04. The van der Waals surface area contributed by atoms with Crippen molar-refractivity contribution in [3.8, 4) is 0 Å². The van der Waals surface area contributed by atoms with Crippen molar-refractivity contribution in [2.75, 3.05) is 13.1 Å². The normalized spacial score (nSPS) is 20.4. The standard InChI is InChI=1S/C17H17F4N3S/c18-10-6-11(19)16(21)14(15(10)20)9-5-13-12(8-23-3-1-2-4-23)22-17(25)24(13)7-9/h6,9H,1-5,7-8H2,(H,22,25). The van der Waals surface area contributed by atoms with E-state index >= 15 is 0 Å². The van der Waals surface area contributed by atoms with E-state index in [1.807, 2.05) is 0 Å². The lowest BCUT2D eigenvalue weighted by atomic mass is 9.95. The van der Waals surface area contributed by atoms with E-state index in [0.717, 1.165) is 37.3 Å². The number of hydrogen-bond acceptors (Lipinski definition) is 2. The lowest BCUT2D eigenvalue weighted by Gasteiger charge is -2.15. The Morgan fingerprint density at radius 2 is 1.72 bits per heavy atom. The van der Waals surface area contributed by atoms with Crippen LogP contribution in [0.5, 0.6) is 0 Å². The molecule has 1 N–H and O–H groups in total. The molecule has 0 bridgehead atoms. The molecule has 0 spiro atoms. The molecule has 1 unspecified atom stereocenters. The minimum absolute atomic E-state index is 0.210. The molecule has 3 nitrogen and oxygen atoms in total. The molecule has 0 radical (unpaired) electrons. The van der Waals surface area contributed by atoms with Gasteiger partial charge in [-0.1, -0.05) is 0 Å². The van der Waals surface area contributed by atoms with Crippen LogP contribution in [0, 0.1) is 28.0 Å². The van der Waals surface area contributed by atoms with Crippen LogP contribution in [0.25, 0.3) is 0 Å². The first-order chi connectivity index (χ1) is 12.0. The first kappa shape index (κ1) is 16.8. The Hall–Kier alpha value is -1.67.